The molecular formula is C16H21N3. The number of rotatable bonds is 5. The minimum atomic E-state index is 0.873. The summed E-state index contributed by atoms with van der Waals surface area (Å²) in [7, 11) is 0. The van der Waals surface area contributed by atoms with Crippen LogP contribution in [0.4, 0.5) is 5.82 Å². The molecule has 2 aromatic rings. The number of hydrogen-bond donors (Lipinski definition) is 1. The van der Waals surface area contributed by atoms with Gasteiger partial charge in [0.1, 0.15) is 12.1 Å². The second kappa shape index (κ2) is 6.32. The van der Waals surface area contributed by atoms with Crippen molar-refractivity contribution < 1.29 is 0 Å². The molecule has 3 heteroatoms. The largest absolute Gasteiger partial charge is 0.370 e. The molecule has 0 amide bonds. The number of aromatic nitrogens is 2. The Morgan fingerprint density at radius 3 is 2.58 bits per heavy atom. The Morgan fingerprint density at radius 1 is 1.05 bits per heavy atom. The molecule has 100 valence electrons. The predicted molar refractivity (Wildman–Crippen MR) is 80.4 cm³/mol. The Balaban J connectivity index is 2.51. The van der Waals surface area contributed by atoms with Crippen molar-refractivity contribution in [3.8, 4) is 11.3 Å². The normalized spacial score (nSPS) is 10.5. The number of hydrogen-bond acceptors (Lipinski definition) is 3. The third-order valence-electron chi connectivity index (χ3n) is 3.25. The first kappa shape index (κ1) is 13.5. The lowest BCUT2D eigenvalue weighted by Crippen LogP contribution is -2.05. The molecule has 0 aliphatic heterocycles. The van der Waals surface area contributed by atoms with Crippen LogP contribution in [0.1, 0.15) is 31.9 Å². The van der Waals surface area contributed by atoms with Gasteiger partial charge in [0, 0.05) is 17.7 Å². The van der Waals surface area contributed by atoms with Gasteiger partial charge in [-0.25, -0.2) is 9.97 Å². The highest BCUT2D eigenvalue weighted by molar-refractivity contribution is 5.68. The SMILES string of the molecule is CCNc1ncnc(-c2cccc(CC)c2)c1CC. The average Bonchev–Trinajstić information content (AvgIpc) is 2.47. The summed E-state index contributed by atoms with van der Waals surface area (Å²) >= 11 is 0. The Labute approximate surface area is 115 Å². The van der Waals surface area contributed by atoms with E-state index in [1.165, 1.54) is 16.7 Å². The van der Waals surface area contributed by atoms with E-state index in [2.05, 4.69) is 60.3 Å². The van der Waals surface area contributed by atoms with Crippen LogP contribution in [0.3, 0.4) is 0 Å². The van der Waals surface area contributed by atoms with Crippen molar-refractivity contribution in [2.45, 2.75) is 33.6 Å². The van der Waals surface area contributed by atoms with E-state index in [-0.39, 0.29) is 0 Å². The Hall–Kier alpha value is -1.90. The molecule has 3 nitrogen and oxygen atoms in total. The van der Waals surface area contributed by atoms with E-state index in [1.807, 2.05) is 0 Å². The van der Waals surface area contributed by atoms with Crippen molar-refractivity contribution in [3.05, 3.63) is 41.7 Å². The van der Waals surface area contributed by atoms with Crippen LogP contribution >= 0.6 is 0 Å². The third kappa shape index (κ3) is 2.92. The number of anilines is 1. The quantitative estimate of drug-likeness (QED) is 0.885. The molecule has 0 fully saturated rings. The fourth-order valence-electron chi connectivity index (χ4n) is 2.25. The molecular weight excluding hydrogens is 234 g/mol. The lowest BCUT2D eigenvalue weighted by molar-refractivity contribution is 1.03. The van der Waals surface area contributed by atoms with Crippen molar-refractivity contribution in [2.75, 3.05) is 11.9 Å². The van der Waals surface area contributed by atoms with Crippen LogP contribution in [-0.4, -0.2) is 16.5 Å². The van der Waals surface area contributed by atoms with E-state index in [0.29, 0.717) is 0 Å². The minimum Gasteiger partial charge on any atom is -0.370 e. The summed E-state index contributed by atoms with van der Waals surface area (Å²) in [6, 6.07) is 8.59. The smallest absolute Gasteiger partial charge is 0.133 e. The molecule has 2 rings (SSSR count). The topological polar surface area (TPSA) is 37.8 Å². The van der Waals surface area contributed by atoms with Gasteiger partial charge in [-0.1, -0.05) is 32.0 Å². The second-order valence-electron chi connectivity index (χ2n) is 4.49. The molecule has 1 heterocycles. The van der Waals surface area contributed by atoms with Crippen LogP contribution in [0, 0.1) is 0 Å². The van der Waals surface area contributed by atoms with Crippen LogP contribution in [0.15, 0.2) is 30.6 Å². The van der Waals surface area contributed by atoms with Gasteiger partial charge in [-0.2, -0.15) is 0 Å². The number of nitrogens with zero attached hydrogens (tertiary/aromatic N) is 2. The predicted octanol–water partition coefficient (Wildman–Crippen LogP) is 3.70. The van der Waals surface area contributed by atoms with Gasteiger partial charge >= 0.3 is 0 Å². The highest BCUT2D eigenvalue weighted by atomic mass is 15.0. The zero-order chi connectivity index (χ0) is 13.7. The molecule has 19 heavy (non-hydrogen) atoms. The average molecular weight is 255 g/mol. The highest BCUT2D eigenvalue weighted by Crippen LogP contribution is 2.26. The van der Waals surface area contributed by atoms with Gasteiger partial charge in [0.05, 0.1) is 5.69 Å². The summed E-state index contributed by atoms with van der Waals surface area (Å²) in [5, 5.41) is 3.31. The molecule has 0 aliphatic carbocycles. The first-order chi connectivity index (χ1) is 9.30. The van der Waals surface area contributed by atoms with Gasteiger partial charge in [-0.3, -0.25) is 0 Å². The minimum absolute atomic E-state index is 0.873. The zero-order valence-corrected chi connectivity index (χ0v) is 11.9. The van der Waals surface area contributed by atoms with Crippen molar-refractivity contribution >= 4 is 5.82 Å². The number of nitrogens with one attached hydrogen (secondary N) is 1. The van der Waals surface area contributed by atoms with E-state index in [4.69, 9.17) is 0 Å². The molecule has 0 saturated heterocycles. The molecule has 0 unspecified atom stereocenters. The summed E-state index contributed by atoms with van der Waals surface area (Å²) in [5.41, 5.74) is 4.75. The molecule has 0 aliphatic rings. The summed E-state index contributed by atoms with van der Waals surface area (Å²) in [6.45, 7) is 7.27. The molecule has 1 aromatic heterocycles. The highest BCUT2D eigenvalue weighted by Gasteiger charge is 2.11. The Morgan fingerprint density at radius 2 is 1.89 bits per heavy atom. The number of aryl methyl sites for hydroxylation is 1. The van der Waals surface area contributed by atoms with Crippen LogP contribution in [0.5, 0.6) is 0 Å². The van der Waals surface area contributed by atoms with E-state index >= 15 is 0 Å². The van der Waals surface area contributed by atoms with Crippen LogP contribution in [0.25, 0.3) is 11.3 Å². The molecule has 1 aromatic carbocycles. The number of benzene rings is 1. The van der Waals surface area contributed by atoms with Gasteiger partial charge in [0.25, 0.3) is 0 Å². The molecule has 0 radical (unpaired) electrons. The summed E-state index contributed by atoms with van der Waals surface area (Å²) < 4.78 is 0. The Kier molecular flexibility index (Phi) is 4.50. The van der Waals surface area contributed by atoms with E-state index in [9.17, 15) is 0 Å². The molecule has 0 atom stereocenters. The van der Waals surface area contributed by atoms with Crippen LogP contribution < -0.4 is 5.32 Å². The third-order valence-corrected chi connectivity index (χ3v) is 3.25. The van der Waals surface area contributed by atoms with Crippen molar-refractivity contribution in [2.24, 2.45) is 0 Å². The lowest BCUT2D eigenvalue weighted by Gasteiger charge is -2.13. The van der Waals surface area contributed by atoms with Crippen molar-refractivity contribution in [1.29, 1.82) is 0 Å². The standard InChI is InChI=1S/C16H21N3/c1-4-12-8-7-9-13(10-12)15-14(5-2)16(17-6-3)19-11-18-15/h7-11H,4-6H2,1-3H3,(H,17,18,19). The maximum atomic E-state index is 4.49. The monoisotopic (exact) mass is 255 g/mol. The first-order valence-corrected chi connectivity index (χ1v) is 6.97. The lowest BCUT2D eigenvalue weighted by atomic mass is 10.0. The van der Waals surface area contributed by atoms with Crippen LogP contribution in [-0.2, 0) is 12.8 Å². The van der Waals surface area contributed by atoms with Gasteiger partial charge in [-0.05, 0) is 31.4 Å². The zero-order valence-electron chi connectivity index (χ0n) is 11.9. The molecule has 0 spiro atoms. The summed E-state index contributed by atoms with van der Waals surface area (Å²) in [4.78, 5) is 8.83. The van der Waals surface area contributed by atoms with Crippen molar-refractivity contribution in [3.63, 3.8) is 0 Å². The molecule has 1 N–H and O–H groups in total. The molecule has 0 saturated carbocycles. The van der Waals surface area contributed by atoms with E-state index in [0.717, 1.165) is 30.9 Å². The first-order valence-electron chi connectivity index (χ1n) is 6.97. The second-order valence-corrected chi connectivity index (χ2v) is 4.49. The van der Waals surface area contributed by atoms with Gasteiger partial charge in [0.15, 0.2) is 0 Å². The molecule has 0 bridgehead atoms. The summed E-state index contributed by atoms with van der Waals surface area (Å²) in [5.74, 6) is 0.955. The van der Waals surface area contributed by atoms with Gasteiger partial charge in [-0.15, -0.1) is 0 Å². The Bertz CT molecular complexity index is 549. The summed E-state index contributed by atoms with van der Waals surface area (Å²) in [6.07, 6.45) is 3.61. The van der Waals surface area contributed by atoms with Gasteiger partial charge in [0.2, 0.25) is 0 Å². The maximum Gasteiger partial charge on any atom is 0.133 e. The fraction of sp³-hybridized carbons (Fsp3) is 0.375. The maximum absolute atomic E-state index is 4.49. The fourth-order valence-corrected chi connectivity index (χ4v) is 2.25. The van der Waals surface area contributed by atoms with E-state index in [1.54, 1.807) is 6.33 Å². The van der Waals surface area contributed by atoms with Crippen LogP contribution in [0.2, 0.25) is 0 Å². The van der Waals surface area contributed by atoms with Gasteiger partial charge < -0.3 is 5.32 Å². The van der Waals surface area contributed by atoms with E-state index < -0.39 is 0 Å². The van der Waals surface area contributed by atoms with Crippen molar-refractivity contribution in [1.82, 2.24) is 9.97 Å².